The van der Waals surface area contributed by atoms with Crippen molar-refractivity contribution in [1.29, 1.82) is 0 Å². The van der Waals surface area contributed by atoms with Crippen LogP contribution in [0, 0.1) is 15.5 Å². The number of amides is 1. The number of piperidine rings is 1. The molecule has 4 aromatic carbocycles. The second kappa shape index (κ2) is 17.3. The largest absolute Gasteiger partial charge is 0.449 e. The molecule has 0 atom stereocenters. The minimum absolute atomic E-state index is 0.117. The smallest absolute Gasteiger partial charge is 0.339 e. The molecule has 3 N–H and O–H groups in total. The van der Waals surface area contributed by atoms with Crippen molar-refractivity contribution >= 4 is 61.1 Å². The van der Waals surface area contributed by atoms with Crippen molar-refractivity contribution in [2.24, 2.45) is 5.41 Å². The zero-order chi connectivity index (χ0) is 42.0. The molecule has 5 aromatic rings. The first kappa shape index (κ1) is 41.3. The van der Waals surface area contributed by atoms with Crippen molar-refractivity contribution < 1.29 is 22.9 Å². The number of nitro groups is 1. The van der Waals surface area contributed by atoms with Crippen LogP contribution in [0.15, 0.2) is 102 Å². The lowest BCUT2D eigenvalue weighted by atomic mass is 9.72. The SMILES string of the molecule is CC1(C)CCC(CN2CCN(c3cc(S(=O)(=O)NC(=O)c4ccccc4)c(Oc4ccc5[nH]ccc5c4)c([N+](=O)[O-])c3NN3CCCCC3)CC2)=C(c2ccc(Cl)cc2)C1. The minimum Gasteiger partial charge on any atom is -0.449 e. The van der Waals surface area contributed by atoms with E-state index in [0.717, 1.165) is 56.0 Å². The van der Waals surface area contributed by atoms with E-state index in [1.807, 2.05) is 28.1 Å². The maximum atomic E-state index is 14.5. The van der Waals surface area contributed by atoms with Gasteiger partial charge in [-0.15, -0.1) is 0 Å². The van der Waals surface area contributed by atoms with Crippen molar-refractivity contribution in [2.75, 3.05) is 56.1 Å². The Morgan fingerprint density at radius 1 is 0.933 bits per heavy atom. The van der Waals surface area contributed by atoms with Crippen LogP contribution in [0.1, 0.15) is 68.3 Å². The topological polar surface area (TPSA) is 153 Å². The van der Waals surface area contributed by atoms with Gasteiger partial charge in [0.15, 0.2) is 5.69 Å². The molecule has 13 nitrogen and oxygen atoms in total. The molecule has 1 aliphatic carbocycles. The van der Waals surface area contributed by atoms with Gasteiger partial charge in [-0.2, -0.15) is 0 Å². The monoisotopic (exact) mass is 851 g/mol. The number of anilines is 2. The van der Waals surface area contributed by atoms with Crippen molar-refractivity contribution in [3.8, 4) is 11.5 Å². The van der Waals surface area contributed by atoms with Crippen LogP contribution in [0.2, 0.25) is 5.02 Å². The first-order valence-corrected chi connectivity index (χ1v) is 22.4. The third kappa shape index (κ3) is 9.16. The van der Waals surface area contributed by atoms with E-state index >= 15 is 0 Å². The summed E-state index contributed by atoms with van der Waals surface area (Å²) in [5, 5.41) is 16.8. The number of nitrogens with zero attached hydrogens (tertiary/aromatic N) is 4. The van der Waals surface area contributed by atoms with Crippen LogP contribution in [0.3, 0.4) is 0 Å². The van der Waals surface area contributed by atoms with E-state index in [4.69, 9.17) is 16.3 Å². The van der Waals surface area contributed by atoms with Gasteiger partial charge in [0.05, 0.1) is 10.6 Å². The molecule has 0 bridgehead atoms. The van der Waals surface area contributed by atoms with Gasteiger partial charge >= 0.3 is 5.69 Å². The molecule has 0 saturated carbocycles. The average Bonchev–Trinajstić information content (AvgIpc) is 3.71. The van der Waals surface area contributed by atoms with Gasteiger partial charge in [0, 0.05) is 73.5 Å². The standard InChI is InChI=1S/C45H50ClN7O6S/c1-45(2)19-17-34(37(29-45)31-11-13-35(46)14-12-31)30-50-23-25-51(26-24-50)39-28-40(60(57,58)49-44(54)32-9-5-3-6-10-32)43(59-36-15-16-38-33(27-36)18-20-47-38)42(53(55)56)41(39)48-52-21-7-4-8-22-52/h3,5-6,9-16,18,20,27-28,47-48H,4,7-8,17,19,21-26,29-30H2,1-2H3,(H,49,54). The van der Waals surface area contributed by atoms with Gasteiger partial charge < -0.3 is 20.0 Å². The molecule has 3 heterocycles. The summed E-state index contributed by atoms with van der Waals surface area (Å²) in [4.78, 5) is 33.2. The van der Waals surface area contributed by atoms with E-state index < -0.39 is 37.2 Å². The van der Waals surface area contributed by atoms with E-state index in [1.54, 1.807) is 42.6 Å². The molecular weight excluding hydrogens is 802 g/mol. The fourth-order valence-electron chi connectivity index (χ4n) is 8.53. The van der Waals surface area contributed by atoms with Gasteiger partial charge in [0.2, 0.25) is 5.75 Å². The van der Waals surface area contributed by atoms with Gasteiger partial charge in [-0.1, -0.05) is 67.8 Å². The Labute approximate surface area is 355 Å². The summed E-state index contributed by atoms with van der Waals surface area (Å²) in [5.74, 6) is -1.17. The number of carbonyl (C=O) groups excluding carboxylic acids is 1. The summed E-state index contributed by atoms with van der Waals surface area (Å²) in [6.45, 7) is 8.93. The fourth-order valence-corrected chi connectivity index (χ4v) is 9.78. The molecular formula is C45H50ClN7O6S. The summed E-state index contributed by atoms with van der Waals surface area (Å²) < 4.78 is 37.5. The Kier molecular flexibility index (Phi) is 11.9. The number of hydrogen-bond donors (Lipinski definition) is 3. The number of benzene rings is 4. The van der Waals surface area contributed by atoms with Crippen molar-refractivity contribution in [3.05, 3.63) is 123 Å². The van der Waals surface area contributed by atoms with Crippen molar-refractivity contribution in [3.63, 3.8) is 0 Å². The molecule has 3 aliphatic rings. The normalized spacial score (nSPS) is 17.8. The number of nitrogens with one attached hydrogen (secondary N) is 3. The number of piperazine rings is 1. The molecule has 314 valence electrons. The van der Waals surface area contributed by atoms with Crippen LogP contribution >= 0.6 is 11.6 Å². The molecule has 60 heavy (non-hydrogen) atoms. The predicted octanol–water partition coefficient (Wildman–Crippen LogP) is 9.24. The summed E-state index contributed by atoms with van der Waals surface area (Å²) in [6.07, 6.45) is 7.62. The highest BCUT2D eigenvalue weighted by Gasteiger charge is 2.38. The van der Waals surface area contributed by atoms with E-state index in [-0.39, 0.29) is 22.4 Å². The highest BCUT2D eigenvalue weighted by atomic mass is 35.5. The third-order valence-corrected chi connectivity index (χ3v) is 13.4. The Morgan fingerprint density at radius 3 is 2.38 bits per heavy atom. The molecule has 0 spiro atoms. The number of carbonyl (C=O) groups is 1. The highest BCUT2D eigenvalue weighted by Crippen LogP contribution is 2.49. The number of rotatable bonds is 12. The third-order valence-electron chi connectivity index (χ3n) is 11.8. The Bertz CT molecular complexity index is 2530. The molecule has 0 radical (unpaired) electrons. The van der Waals surface area contributed by atoms with Crippen molar-refractivity contribution in [1.82, 2.24) is 19.6 Å². The first-order valence-electron chi connectivity index (χ1n) is 20.5. The lowest BCUT2D eigenvalue weighted by Crippen LogP contribution is -2.47. The number of nitro benzene ring substituents is 1. The van der Waals surface area contributed by atoms with E-state index in [9.17, 15) is 23.3 Å². The summed E-state index contributed by atoms with van der Waals surface area (Å²) in [6, 6.07) is 24.3. The van der Waals surface area contributed by atoms with Crippen LogP contribution < -0.4 is 19.8 Å². The molecule has 1 amide bonds. The second-order valence-corrected chi connectivity index (χ2v) is 18.8. The molecule has 0 unspecified atom stereocenters. The Hall–Kier alpha value is -5.41. The predicted molar refractivity (Wildman–Crippen MR) is 236 cm³/mol. The Balaban J connectivity index is 1.18. The van der Waals surface area contributed by atoms with Gasteiger partial charge in [0.25, 0.3) is 15.9 Å². The molecule has 2 saturated heterocycles. The number of allylic oxidation sites excluding steroid dienone is 1. The number of H-pyrrole nitrogens is 1. The molecule has 2 fully saturated rings. The van der Waals surface area contributed by atoms with Crippen LogP contribution in [-0.2, 0) is 10.0 Å². The number of ether oxygens (including phenoxy) is 1. The highest BCUT2D eigenvalue weighted by molar-refractivity contribution is 7.90. The van der Waals surface area contributed by atoms with Gasteiger partial charge in [0.1, 0.15) is 10.6 Å². The Morgan fingerprint density at radius 2 is 1.67 bits per heavy atom. The van der Waals surface area contributed by atoms with Gasteiger partial charge in [-0.05, 0) is 103 Å². The average molecular weight is 852 g/mol. The van der Waals surface area contributed by atoms with Crippen LogP contribution in [0.25, 0.3) is 16.5 Å². The number of aromatic nitrogens is 1. The summed E-state index contributed by atoms with van der Waals surface area (Å²) in [5.41, 5.74) is 8.34. The molecule has 8 rings (SSSR count). The lowest BCUT2D eigenvalue weighted by Gasteiger charge is -2.40. The van der Waals surface area contributed by atoms with Gasteiger partial charge in [-0.3, -0.25) is 19.8 Å². The second-order valence-electron chi connectivity index (χ2n) is 16.7. The number of fused-ring (bicyclic) bond motifs is 1. The molecule has 15 heteroatoms. The fraction of sp³-hybridized carbons (Fsp3) is 0.356. The maximum Gasteiger partial charge on any atom is 0.339 e. The van der Waals surface area contributed by atoms with E-state index in [2.05, 4.69) is 46.0 Å². The number of hydrogen-bond acceptors (Lipinski definition) is 10. The minimum atomic E-state index is -4.76. The summed E-state index contributed by atoms with van der Waals surface area (Å²) in [7, 11) is -4.76. The summed E-state index contributed by atoms with van der Waals surface area (Å²) >= 11 is 6.26. The quantitative estimate of drug-likeness (QED) is 0.0818. The number of hydrazine groups is 1. The van der Waals surface area contributed by atoms with Crippen molar-refractivity contribution in [2.45, 2.75) is 57.3 Å². The lowest BCUT2D eigenvalue weighted by molar-refractivity contribution is -0.385. The molecule has 1 aromatic heterocycles. The zero-order valence-electron chi connectivity index (χ0n) is 33.9. The maximum absolute atomic E-state index is 14.5. The van der Waals surface area contributed by atoms with E-state index in [1.165, 1.54) is 34.9 Å². The van der Waals surface area contributed by atoms with Gasteiger partial charge in [-0.25, -0.2) is 18.1 Å². The van der Waals surface area contributed by atoms with Crippen LogP contribution in [-0.4, -0.2) is 80.0 Å². The zero-order valence-corrected chi connectivity index (χ0v) is 35.4. The van der Waals surface area contributed by atoms with Crippen LogP contribution in [0.5, 0.6) is 11.5 Å². The van der Waals surface area contributed by atoms with Crippen LogP contribution in [0.4, 0.5) is 17.1 Å². The first-order chi connectivity index (χ1) is 28.8. The van der Waals surface area contributed by atoms with E-state index in [0.29, 0.717) is 50.0 Å². The molecule has 2 aliphatic heterocycles. The number of aromatic amines is 1. The number of halogens is 1. The number of sulfonamides is 1.